The Hall–Kier alpha value is -0.460. The number of thiazole rings is 1. The van der Waals surface area contributed by atoms with Crippen LogP contribution in [0.5, 0.6) is 0 Å². The maximum atomic E-state index is 11.7. The normalized spacial score (nSPS) is 17.9. The second-order valence-electron chi connectivity index (χ2n) is 3.41. The molecule has 0 aliphatic heterocycles. The molecule has 1 aliphatic rings. The highest BCUT2D eigenvalue weighted by Crippen LogP contribution is 2.45. The van der Waals surface area contributed by atoms with Gasteiger partial charge in [0.25, 0.3) is 0 Å². The second kappa shape index (κ2) is 3.60. The lowest BCUT2D eigenvalue weighted by atomic mass is 10.1. The lowest BCUT2D eigenvalue weighted by Crippen LogP contribution is -2.30. The molecule has 0 saturated heterocycles. The molecule has 3 N–H and O–H groups in total. The Morgan fingerprint density at radius 2 is 2.50 bits per heavy atom. The standard InChI is InChI=1S/C8H10BrN3OS/c9-5-3-11-7(14-5)12-6(13)8(4-10)1-2-8/h3H,1-2,4,10H2,(H,11,12,13). The summed E-state index contributed by atoms with van der Waals surface area (Å²) in [5, 5.41) is 3.40. The van der Waals surface area contributed by atoms with Crippen LogP contribution in [0.2, 0.25) is 0 Å². The van der Waals surface area contributed by atoms with Gasteiger partial charge in [-0.2, -0.15) is 0 Å². The molecule has 0 radical (unpaired) electrons. The van der Waals surface area contributed by atoms with E-state index < -0.39 is 0 Å². The number of nitrogens with one attached hydrogen (secondary N) is 1. The predicted molar refractivity (Wildman–Crippen MR) is 59.2 cm³/mol. The zero-order valence-electron chi connectivity index (χ0n) is 7.42. The summed E-state index contributed by atoms with van der Waals surface area (Å²) in [4.78, 5) is 15.7. The maximum Gasteiger partial charge on any atom is 0.233 e. The summed E-state index contributed by atoms with van der Waals surface area (Å²) in [6.45, 7) is 0.422. The lowest BCUT2D eigenvalue weighted by Gasteiger charge is -2.10. The van der Waals surface area contributed by atoms with Crippen LogP contribution >= 0.6 is 27.3 Å². The number of aromatic nitrogens is 1. The fraction of sp³-hybridized carbons (Fsp3) is 0.500. The molecule has 1 fully saturated rings. The highest BCUT2D eigenvalue weighted by molar-refractivity contribution is 9.11. The van der Waals surface area contributed by atoms with E-state index in [-0.39, 0.29) is 11.3 Å². The van der Waals surface area contributed by atoms with Gasteiger partial charge in [0.1, 0.15) is 0 Å². The van der Waals surface area contributed by atoms with E-state index in [2.05, 4.69) is 26.2 Å². The molecule has 1 aromatic heterocycles. The Morgan fingerprint density at radius 1 is 1.79 bits per heavy atom. The van der Waals surface area contributed by atoms with Crippen LogP contribution in [0.3, 0.4) is 0 Å². The van der Waals surface area contributed by atoms with Gasteiger partial charge in [-0.1, -0.05) is 11.3 Å². The number of carbonyl (C=O) groups excluding carboxylic acids is 1. The van der Waals surface area contributed by atoms with Crippen molar-refractivity contribution in [2.24, 2.45) is 11.1 Å². The van der Waals surface area contributed by atoms with Crippen molar-refractivity contribution in [3.05, 3.63) is 9.98 Å². The zero-order valence-corrected chi connectivity index (χ0v) is 9.82. The van der Waals surface area contributed by atoms with Crippen LogP contribution in [0, 0.1) is 5.41 Å². The molecule has 0 bridgehead atoms. The molecule has 1 saturated carbocycles. The van der Waals surface area contributed by atoms with Crippen LogP contribution in [-0.2, 0) is 4.79 Å². The minimum atomic E-state index is -0.307. The monoisotopic (exact) mass is 275 g/mol. The Bertz CT molecular complexity index is 361. The van der Waals surface area contributed by atoms with E-state index in [0.717, 1.165) is 16.6 Å². The quantitative estimate of drug-likeness (QED) is 0.880. The summed E-state index contributed by atoms with van der Waals surface area (Å²) in [6.07, 6.45) is 3.45. The topological polar surface area (TPSA) is 68.0 Å². The van der Waals surface area contributed by atoms with Crippen molar-refractivity contribution in [1.29, 1.82) is 0 Å². The van der Waals surface area contributed by atoms with E-state index in [0.29, 0.717) is 11.7 Å². The van der Waals surface area contributed by atoms with Crippen molar-refractivity contribution < 1.29 is 4.79 Å². The third kappa shape index (κ3) is 1.82. The van der Waals surface area contributed by atoms with Crippen LogP contribution < -0.4 is 11.1 Å². The molecule has 76 valence electrons. The van der Waals surface area contributed by atoms with Crippen molar-refractivity contribution in [3.63, 3.8) is 0 Å². The van der Waals surface area contributed by atoms with Gasteiger partial charge >= 0.3 is 0 Å². The van der Waals surface area contributed by atoms with Crippen LogP contribution in [0.25, 0.3) is 0 Å². The van der Waals surface area contributed by atoms with Crippen LogP contribution in [0.1, 0.15) is 12.8 Å². The summed E-state index contributed by atoms with van der Waals surface area (Å²) in [5.41, 5.74) is 5.23. The van der Waals surface area contributed by atoms with E-state index in [4.69, 9.17) is 5.73 Å². The van der Waals surface area contributed by atoms with Gasteiger partial charge in [-0.15, -0.1) is 0 Å². The largest absolute Gasteiger partial charge is 0.329 e. The van der Waals surface area contributed by atoms with Crippen molar-refractivity contribution >= 4 is 38.3 Å². The lowest BCUT2D eigenvalue weighted by molar-refractivity contribution is -0.120. The Kier molecular flexibility index (Phi) is 2.59. The fourth-order valence-electron chi connectivity index (χ4n) is 1.22. The van der Waals surface area contributed by atoms with E-state index >= 15 is 0 Å². The van der Waals surface area contributed by atoms with Crippen molar-refractivity contribution in [2.75, 3.05) is 11.9 Å². The summed E-state index contributed by atoms with van der Waals surface area (Å²) in [7, 11) is 0. The average Bonchev–Trinajstić information content (AvgIpc) is 2.87. The van der Waals surface area contributed by atoms with E-state index in [1.807, 2.05) is 0 Å². The van der Waals surface area contributed by atoms with Gasteiger partial charge in [0.2, 0.25) is 5.91 Å². The number of carbonyl (C=O) groups is 1. The Balaban J connectivity index is 2.01. The molecule has 0 unspecified atom stereocenters. The number of halogens is 1. The van der Waals surface area contributed by atoms with Gasteiger partial charge in [0.15, 0.2) is 5.13 Å². The first-order valence-corrected chi connectivity index (χ1v) is 5.90. The molecular formula is C8H10BrN3OS. The smallest absolute Gasteiger partial charge is 0.233 e. The Labute approximate surface area is 94.0 Å². The molecule has 1 heterocycles. The van der Waals surface area contributed by atoms with Crippen LogP contribution in [0.4, 0.5) is 5.13 Å². The number of anilines is 1. The van der Waals surface area contributed by atoms with E-state index in [9.17, 15) is 4.79 Å². The number of rotatable bonds is 3. The van der Waals surface area contributed by atoms with Crippen LogP contribution in [0.15, 0.2) is 9.98 Å². The first-order valence-electron chi connectivity index (χ1n) is 4.29. The van der Waals surface area contributed by atoms with Gasteiger partial charge in [0, 0.05) is 6.54 Å². The van der Waals surface area contributed by atoms with Crippen LogP contribution in [-0.4, -0.2) is 17.4 Å². The van der Waals surface area contributed by atoms with Gasteiger partial charge < -0.3 is 11.1 Å². The summed E-state index contributed by atoms with van der Waals surface area (Å²) in [5.74, 6) is 0.00171. The number of nitrogens with two attached hydrogens (primary N) is 1. The van der Waals surface area contributed by atoms with Crippen molar-refractivity contribution in [1.82, 2.24) is 4.98 Å². The molecule has 0 atom stereocenters. The first kappa shape index (κ1) is 10.1. The molecule has 4 nitrogen and oxygen atoms in total. The van der Waals surface area contributed by atoms with Gasteiger partial charge in [-0.3, -0.25) is 4.79 Å². The molecule has 0 spiro atoms. The highest BCUT2D eigenvalue weighted by Gasteiger charge is 2.48. The fourth-order valence-corrected chi connectivity index (χ4v) is 2.32. The number of hydrogen-bond acceptors (Lipinski definition) is 4. The second-order valence-corrected chi connectivity index (χ2v) is 5.82. The van der Waals surface area contributed by atoms with Gasteiger partial charge in [0.05, 0.1) is 15.4 Å². The van der Waals surface area contributed by atoms with Gasteiger partial charge in [-0.05, 0) is 28.8 Å². The molecule has 2 rings (SSSR count). The molecule has 0 aromatic carbocycles. The summed E-state index contributed by atoms with van der Waals surface area (Å²) >= 11 is 4.69. The molecule has 1 amide bonds. The van der Waals surface area contributed by atoms with E-state index in [1.54, 1.807) is 6.20 Å². The number of amides is 1. The van der Waals surface area contributed by atoms with Crippen molar-refractivity contribution in [3.8, 4) is 0 Å². The molecule has 1 aromatic rings. The predicted octanol–water partition coefficient (Wildman–Crippen LogP) is 1.58. The number of nitrogens with zero attached hydrogens (tertiary/aromatic N) is 1. The third-order valence-corrected chi connectivity index (χ3v) is 3.82. The summed E-state index contributed by atoms with van der Waals surface area (Å²) in [6, 6.07) is 0. The Morgan fingerprint density at radius 3 is 2.93 bits per heavy atom. The third-order valence-electron chi connectivity index (χ3n) is 2.42. The van der Waals surface area contributed by atoms with Gasteiger partial charge in [-0.25, -0.2) is 4.98 Å². The average molecular weight is 276 g/mol. The molecule has 6 heteroatoms. The maximum absolute atomic E-state index is 11.7. The summed E-state index contributed by atoms with van der Waals surface area (Å²) < 4.78 is 0.908. The molecule has 14 heavy (non-hydrogen) atoms. The van der Waals surface area contributed by atoms with E-state index in [1.165, 1.54) is 11.3 Å². The first-order chi connectivity index (χ1) is 6.66. The van der Waals surface area contributed by atoms with Crippen molar-refractivity contribution in [2.45, 2.75) is 12.8 Å². The highest BCUT2D eigenvalue weighted by atomic mass is 79.9. The minimum Gasteiger partial charge on any atom is -0.329 e. The number of hydrogen-bond donors (Lipinski definition) is 2. The molecular weight excluding hydrogens is 266 g/mol. The minimum absolute atomic E-state index is 0.00171. The SMILES string of the molecule is NCC1(C(=O)Nc2ncc(Br)s2)CC1. The zero-order chi connectivity index (χ0) is 10.2. The molecule has 1 aliphatic carbocycles.